The molecule has 3 aromatic carbocycles. The van der Waals surface area contributed by atoms with Crippen molar-refractivity contribution in [2.24, 2.45) is 0 Å². The molecule has 0 spiro atoms. The van der Waals surface area contributed by atoms with E-state index < -0.39 is 5.91 Å². The third-order valence-corrected chi connectivity index (χ3v) is 6.02. The van der Waals surface area contributed by atoms with Crippen LogP contribution in [0.3, 0.4) is 0 Å². The molecule has 0 atom stereocenters. The van der Waals surface area contributed by atoms with Crippen molar-refractivity contribution in [1.82, 2.24) is 0 Å². The maximum Gasteiger partial charge on any atom is 0.266 e. The average molecular weight is 605 g/mol. The van der Waals surface area contributed by atoms with Crippen LogP contribution in [-0.2, 0) is 11.2 Å². The number of benzene rings is 3. The van der Waals surface area contributed by atoms with Gasteiger partial charge in [-0.05, 0) is 95.2 Å². The predicted molar refractivity (Wildman–Crippen MR) is 136 cm³/mol. The van der Waals surface area contributed by atoms with Gasteiger partial charge in [-0.2, -0.15) is 5.26 Å². The second-order valence-corrected chi connectivity index (χ2v) is 8.93. The Balaban J connectivity index is 1.90. The van der Waals surface area contributed by atoms with Gasteiger partial charge in [0.1, 0.15) is 23.2 Å². The summed E-state index contributed by atoms with van der Waals surface area (Å²) in [4.78, 5) is 12.6. The fourth-order valence-electron chi connectivity index (χ4n) is 3.07. The highest BCUT2D eigenvalue weighted by Gasteiger charge is 2.14. The Morgan fingerprint density at radius 2 is 1.97 bits per heavy atom. The molecule has 0 saturated carbocycles. The van der Waals surface area contributed by atoms with Gasteiger partial charge in [-0.25, -0.2) is 4.39 Å². The molecule has 0 aromatic heterocycles. The Hall–Kier alpha value is -2.70. The van der Waals surface area contributed by atoms with Gasteiger partial charge in [0.05, 0.1) is 6.61 Å². The fraction of sp³-hybridized carbons (Fsp3) is 0.120. The summed E-state index contributed by atoms with van der Waals surface area (Å²) in [7, 11) is 0. The number of hydrogen-bond acceptors (Lipinski definition) is 3. The van der Waals surface area contributed by atoms with Gasteiger partial charge in [0.15, 0.2) is 0 Å². The predicted octanol–water partition coefficient (Wildman–Crippen LogP) is 6.73. The number of anilines is 1. The van der Waals surface area contributed by atoms with Gasteiger partial charge >= 0.3 is 0 Å². The first-order chi connectivity index (χ1) is 15.4. The summed E-state index contributed by atoms with van der Waals surface area (Å²) in [5.41, 5.74) is 2.99. The summed E-state index contributed by atoms with van der Waals surface area (Å²) >= 11 is 5.54. The van der Waals surface area contributed by atoms with Crippen molar-refractivity contribution < 1.29 is 13.9 Å². The molecule has 3 aromatic rings. The summed E-state index contributed by atoms with van der Waals surface area (Å²) in [5.74, 6) is -0.141. The van der Waals surface area contributed by atoms with E-state index in [0.29, 0.717) is 30.0 Å². The number of carbonyl (C=O) groups is 1. The zero-order valence-corrected chi connectivity index (χ0v) is 20.9. The highest BCUT2D eigenvalue weighted by atomic mass is 127. The van der Waals surface area contributed by atoms with Crippen molar-refractivity contribution in [3.8, 4) is 11.8 Å². The topological polar surface area (TPSA) is 62.1 Å². The molecule has 1 N–H and O–H groups in total. The number of halogens is 3. The summed E-state index contributed by atoms with van der Waals surface area (Å²) in [6.07, 6.45) is 2.04. The minimum Gasteiger partial charge on any atom is -0.494 e. The van der Waals surface area contributed by atoms with Crippen molar-refractivity contribution in [2.45, 2.75) is 13.3 Å². The molecular formula is C25H19BrFIN2O2. The van der Waals surface area contributed by atoms with Crippen LogP contribution in [0.2, 0.25) is 0 Å². The Kier molecular flexibility index (Phi) is 8.42. The molecule has 1 amide bonds. The minimum absolute atomic E-state index is 0.0240. The maximum absolute atomic E-state index is 13.6. The molecule has 3 rings (SSSR count). The summed E-state index contributed by atoms with van der Waals surface area (Å²) in [6.45, 7) is 2.34. The summed E-state index contributed by atoms with van der Waals surface area (Å²) < 4.78 is 21.2. The number of nitriles is 1. The first-order valence-electron chi connectivity index (χ1n) is 9.78. The molecule has 0 saturated heterocycles. The van der Waals surface area contributed by atoms with Crippen LogP contribution in [0.4, 0.5) is 10.1 Å². The Morgan fingerprint density at radius 3 is 2.62 bits per heavy atom. The van der Waals surface area contributed by atoms with Crippen LogP contribution >= 0.6 is 38.5 Å². The van der Waals surface area contributed by atoms with Crippen LogP contribution in [-0.4, -0.2) is 12.5 Å². The van der Waals surface area contributed by atoms with Gasteiger partial charge in [0.2, 0.25) is 0 Å². The van der Waals surface area contributed by atoms with Gasteiger partial charge in [-0.15, -0.1) is 0 Å². The fourth-order valence-corrected chi connectivity index (χ4v) is 4.15. The maximum atomic E-state index is 13.6. The largest absolute Gasteiger partial charge is 0.494 e. The first-order valence-corrected chi connectivity index (χ1v) is 11.6. The standard InChI is InChI=1S/C25H19BrFIN2O2/c1-2-32-24-14-17(13-23(28)22(24)12-16-4-3-5-20(27)11-16)10-18(15-29)25(31)30-21-8-6-19(26)7-9-21/h3-11,13-14H,2,12H2,1H3,(H,30,31)/b18-10+. The zero-order valence-electron chi connectivity index (χ0n) is 17.2. The molecule has 0 fully saturated rings. The third kappa shape index (κ3) is 6.40. The first kappa shape index (κ1) is 24.0. The van der Waals surface area contributed by atoms with Crippen molar-refractivity contribution in [1.29, 1.82) is 5.26 Å². The summed E-state index contributed by atoms with van der Waals surface area (Å²) in [6, 6.07) is 19.2. The Morgan fingerprint density at radius 1 is 1.22 bits per heavy atom. The smallest absolute Gasteiger partial charge is 0.266 e. The van der Waals surface area contributed by atoms with Crippen LogP contribution in [0.25, 0.3) is 6.08 Å². The second kappa shape index (κ2) is 11.2. The number of nitrogens with one attached hydrogen (secondary N) is 1. The van der Waals surface area contributed by atoms with E-state index in [-0.39, 0.29) is 11.4 Å². The van der Waals surface area contributed by atoms with Gasteiger partial charge in [0, 0.05) is 25.7 Å². The van der Waals surface area contributed by atoms with Crippen LogP contribution in [0, 0.1) is 20.7 Å². The van der Waals surface area contributed by atoms with Crippen molar-refractivity contribution in [3.63, 3.8) is 0 Å². The molecule has 0 bridgehead atoms. The third-order valence-electron chi connectivity index (χ3n) is 4.52. The Bertz CT molecular complexity index is 1200. The van der Waals surface area contributed by atoms with E-state index >= 15 is 0 Å². The van der Waals surface area contributed by atoms with Crippen LogP contribution in [0.1, 0.15) is 23.6 Å². The number of ether oxygens (including phenoxy) is 1. The molecule has 32 heavy (non-hydrogen) atoms. The number of nitrogens with zero attached hydrogens (tertiary/aromatic N) is 1. The van der Waals surface area contributed by atoms with Crippen molar-refractivity contribution in [3.05, 3.63) is 96.8 Å². The van der Waals surface area contributed by atoms with E-state index in [0.717, 1.165) is 19.2 Å². The van der Waals surface area contributed by atoms with Gasteiger partial charge < -0.3 is 10.1 Å². The van der Waals surface area contributed by atoms with Gasteiger partial charge in [-0.1, -0.05) is 28.1 Å². The van der Waals surface area contributed by atoms with E-state index in [1.165, 1.54) is 18.2 Å². The molecule has 0 radical (unpaired) electrons. The molecule has 4 nitrogen and oxygen atoms in total. The van der Waals surface area contributed by atoms with Crippen molar-refractivity contribution >= 4 is 56.2 Å². The normalized spacial score (nSPS) is 11.0. The summed E-state index contributed by atoms with van der Waals surface area (Å²) in [5, 5.41) is 12.3. The lowest BCUT2D eigenvalue weighted by atomic mass is 10.0. The molecule has 162 valence electrons. The molecule has 0 aliphatic carbocycles. The van der Waals surface area contributed by atoms with Gasteiger partial charge in [-0.3, -0.25) is 4.79 Å². The van der Waals surface area contributed by atoms with Gasteiger partial charge in [0.25, 0.3) is 5.91 Å². The SMILES string of the molecule is CCOc1cc(/C=C(\C#N)C(=O)Nc2ccc(Br)cc2)cc(I)c1Cc1cccc(F)c1. The van der Waals surface area contributed by atoms with E-state index in [2.05, 4.69) is 43.8 Å². The number of hydrogen-bond donors (Lipinski definition) is 1. The highest BCUT2D eigenvalue weighted by Crippen LogP contribution is 2.30. The molecule has 0 unspecified atom stereocenters. The van der Waals surface area contributed by atoms with Crippen LogP contribution in [0.5, 0.6) is 5.75 Å². The Labute approximate surface area is 208 Å². The van der Waals surface area contributed by atoms with E-state index in [1.54, 1.807) is 36.4 Å². The highest BCUT2D eigenvalue weighted by molar-refractivity contribution is 14.1. The molecule has 0 aliphatic heterocycles. The van der Waals surface area contributed by atoms with E-state index in [9.17, 15) is 14.4 Å². The van der Waals surface area contributed by atoms with Crippen LogP contribution in [0.15, 0.2) is 70.7 Å². The quantitative estimate of drug-likeness (QED) is 0.185. The number of amides is 1. The molecule has 7 heteroatoms. The number of carbonyl (C=O) groups excluding carboxylic acids is 1. The second-order valence-electron chi connectivity index (χ2n) is 6.85. The molecule has 0 heterocycles. The molecule has 0 aliphatic rings. The average Bonchev–Trinajstić information content (AvgIpc) is 2.76. The minimum atomic E-state index is -0.494. The van der Waals surface area contributed by atoms with E-state index in [4.69, 9.17) is 4.74 Å². The van der Waals surface area contributed by atoms with Crippen molar-refractivity contribution in [2.75, 3.05) is 11.9 Å². The lowest BCUT2D eigenvalue weighted by molar-refractivity contribution is -0.112. The zero-order chi connectivity index (χ0) is 23.1. The lowest BCUT2D eigenvalue weighted by Crippen LogP contribution is -2.13. The lowest BCUT2D eigenvalue weighted by Gasteiger charge is -2.14. The van der Waals surface area contributed by atoms with E-state index in [1.807, 2.05) is 25.1 Å². The number of rotatable bonds is 7. The monoisotopic (exact) mass is 604 g/mol. The van der Waals surface area contributed by atoms with Crippen LogP contribution < -0.4 is 10.1 Å². The molecular weight excluding hydrogens is 586 g/mol.